The van der Waals surface area contributed by atoms with Crippen LogP contribution in [-0.4, -0.2) is 63.2 Å². The SMILES string of the molecule is C=CC(=O)OCCOCCOCCOCCC(=O)NC(N)=S. The lowest BCUT2D eigenvalue weighted by molar-refractivity contribution is -0.139. The van der Waals surface area contributed by atoms with E-state index in [0.29, 0.717) is 33.0 Å². The summed E-state index contributed by atoms with van der Waals surface area (Å²) >= 11 is 4.52. The maximum absolute atomic E-state index is 11.1. The van der Waals surface area contributed by atoms with Crippen LogP contribution in [0.2, 0.25) is 0 Å². The van der Waals surface area contributed by atoms with Gasteiger partial charge in [0, 0.05) is 6.08 Å². The highest BCUT2D eigenvalue weighted by Crippen LogP contribution is 1.86. The van der Waals surface area contributed by atoms with Gasteiger partial charge in [-0.3, -0.25) is 4.79 Å². The molecule has 0 unspecified atom stereocenters. The molecule has 3 N–H and O–H groups in total. The van der Waals surface area contributed by atoms with Gasteiger partial charge in [0.1, 0.15) is 6.61 Å². The van der Waals surface area contributed by atoms with Crippen molar-refractivity contribution in [1.82, 2.24) is 5.32 Å². The van der Waals surface area contributed by atoms with Gasteiger partial charge in [0.2, 0.25) is 5.91 Å². The van der Waals surface area contributed by atoms with Gasteiger partial charge in [0.25, 0.3) is 0 Å². The first-order valence-electron chi connectivity index (χ1n) is 6.68. The van der Waals surface area contributed by atoms with Gasteiger partial charge in [0.05, 0.1) is 46.1 Å². The number of esters is 1. The second-order valence-corrected chi connectivity index (χ2v) is 4.31. The van der Waals surface area contributed by atoms with Crippen LogP contribution in [0.25, 0.3) is 0 Å². The zero-order chi connectivity index (χ0) is 16.6. The van der Waals surface area contributed by atoms with Crippen molar-refractivity contribution in [3.8, 4) is 0 Å². The number of thiocarbonyl (C=S) groups is 1. The van der Waals surface area contributed by atoms with Crippen LogP contribution in [0, 0.1) is 0 Å². The number of amides is 1. The van der Waals surface area contributed by atoms with Gasteiger partial charge in [0.15, 0.2) is 5.11 Å². The summed E-state index contributed by atoms with van der Waals surface area (Å²) in [6.45, 7) is 5.59. The van der Waals surface area contributed by atoms with Gasteiger partial charge in [-0.05, 0) is 12.2 Å². The fourth-order valence-corrected chi connectivity index (χ4v) is 1.28. The van der Waals surface area contributed by atoms with Crippen LogP contribution in [-0.2, 0) is 28.5 Å². The second-order valence-electron chi connectivity index (χ2n) is 3.87. The van der Waals surface area contributed by atoms with Gasteiger partial charge in [-0.15, -0.1) is 0 Å². The summed E-state index contributed by atoms with van der Waals surface area (Å²) in [5.74, 6) is -0.752. The number of rotatable bonds is 13. The van der Waals surface area contributed by atoms with Crippen molar-refractivity contribution < 1.29 is 28.5 Å². The molecule has 0 atom stereocenters. The molecule has 0 aromatic carbocycles. The van der Waals surface area contributed by atoms with Crippen LogP contribution in [0.4, 0.5) is 0 Å². The summed E-state index contributed by atoms with van der Waals surface area (Å²) in [6, 6.07) is 0. The molecule has 126 valence electrons. The Labute approximate surface area is 134 Å². The van der Waals surface area contributed by atoms with Crippen molar-refractivity contribution >= 4 is 29.2 Å². The molecule has 0 bridgehead atoms. The minimum absolute atomic E-state index is 0.0485. The smallest absolute Gasteiger partial charge is 0.330 e. The summed E-state index contributed by atoms with van der Waals surface area (Å²) in [5.41, 5.74) is 5.14. The molecule has 0 saturated heterocycles. The predicted molar refractivity (Wildman–Crippen MR) is 83.2 cm³/mol. The number of nitrogens with one attached hydrogen (secondary N) is 1. The molecule has 8 nitrogen and oxygen atoms in total. The van der Waals surface area contributed by atoms with E-state index in [1.54, 1.807) is 0 Å². The van der Waals surface area contributed by atoms with E-state index < -0.39 is 5.97 Å². The predicted octanol–water partition coefficient (Wildman–Crippen LogP) is -0.485. The minimum atomic E-state index is -0.473. The molecule has 22 heavy (non-hydrogen) atoms. The molecule has 0 fully saturated rings. The average molecular weight is 334 g/mol. The number of carbonyl (C=O) groups excluding carboxylic acids is 2. The molecule has 0 saturated carbocycles. The Kier molecular flexibility index (Phi) is 13.4. The summed E-state index contributed by atoms with van der Waals surface area (Å²) in [6.07, 6.45) is 1.28. The molecule has 1 amide bonds. The number of carbonyl (C=O) groups is 2. The van der Waals surface area contributed by atoms with E-state index in [2.05, 4.69) is 24.1 Å². The lowest BCUT2D eigenvalue weighted by atomic mass is 10.4. The minimum Gasteiger partial charge on any atom is -0.460 e. The fraction of sp³-hybridized carbons (Fsp3) is 0.615. The molecule has 0 rings (SSSR count). The second kappa shape index (κ2) is 14.4. The Balaban J connectivity index is 3.17. The van der Waals surface area contributed by atoms with E-state index in [0.717, 1.165) is 6.08 Å². The van der Waals surface area contributed by atoms with Crippen molar-refractivity contribution in [2.75, 3.05) is 46.2 Å². The van der Waals surface area contributed by atoms with E-state index in [4.69, 9.17) is 24.7 Å². The lowest BCUT2D eigenvalue weighted by Crippen LogP contribution is -2.35. The summed E-state index contributed by atoms with van der Waals surface area (Å²) in [5, 5.41) is 2.25. The first-order valence-corrected chi connectivity index (χ1v) is 7.08. The van der Waals surface area contributed by atoms with Crippen LogP contribution >= 0.6 is 12.2 Å². The monoisotopic (exact) mass is 334 g/mol. The van der Waals surface area contributed by atoms with Crippen LogP contribution < -0.4 is 11.1 Å². The van der Waals surface area contributed by atoms with Gasteiger partial charge in [-0.1, -0.05) is 6.58 Å². The Morgan fingerprint density at radius 2 is 1.50 bits per heavy atom. The molecule has 0 heterocycles. The quantitative estimate of drug-likeness (QED) is 0.201. The molecule has 0 aromatic rings. The maximum Gasteiger partial charge on any atom is 0.330 e. The Morgan fingerprint density at radius 1 is 1.00 bits per heavy atom. The van der Waals surface area contributed by atoms with Crippen molar-refractivity contribution in [2.24, 2.45) is 5.73 Å². The van der Waals surface area contributed by atoms with E-state index in [1.165, 1.54) is 0 Å². The third-order valence-corrected chi connectivity index (χ3v) is 2.22. The van der Waals surface area contributed by atoms with E-state index >= 15 is 0 Å². The molecule has 0 aromatic heterocycles. The summed E-state index contributed by atoms with van der Waals surface area (Å²) in [7, 11) is 0. The Hall–Kier alpha value is -1.55. The molecule has 0 spiro atoms. The van der Waals surface area contributed by atoms with Gasteiger partial charge in [-0.2, -0.15) is 0 Å². The zero-order valence-corrected chi connectivity index (χ0v) is 13.2. The maximum atomic E-state index is 11.1. The van der Waals surface area contributed by atoms with Gasteiger partial charge >= 0.3 is 5.97 Å². The highest BCUT2D eigenvalue weighted by atomic mass is 32.1. The number of hydrogen-bond donors (Lipinski definition) is 2. The van der Waals surface area contributed by atoms with Crippen molar-refractivity contribution in [1.29, 1.82) is 0 Å². The molecule has 0 aliphatic heterocycles. The van der Waals surface area contributed by atoms with Gasteiger partial charge < -0.3 is 30.0 Å². The molecular weight excluding hydrogens is 312 g/mol. The van der Waals surface area contributed by atoms with E-state index in [1.807, 2.05) is 0 Å². The first-order chi connectivity index (χ1) is 10.6. The third kappa shape index (κ3) is 14.9. The Morgan fingerprint density at radius 3 is 2.00 bits per heavy atom. The molecule has 0 aliphatic rings. The summed E-state index contributed by atoms with van der Waals surface area (Å²) in [4.78, 5) is 21.8. The van der Waals surface area contributed by atoms with E-state index in [9.17, 15) is 9.59 Å². The first kappa shape index (κ1) is 20.5. The fourth-order valence-electron chi connectivity index (χ4n) is 1.17. The van der Waals surface area contributed by atoms with Crippen LogP contribution in [0.3, 0.4) is 0 Å². The largest absolute Gasteiger partial charge is 0.460 e. The normalized spacial score (nSPS) is 10.0. The molecule has 0 radical (unpaired) electrons. The van der Waals surface area contributed by atoms with Crippen molar-refractivity contribution in [3.05, 3.63) is 12.7 Å². The highest BCUT2D eigenvalue weighted by molar-refractivity contribution is 7.80. The lowest BCUT2D eigenvalue weighted by Gasteiger charge is -2.07. The average Bonchev–Trinajstić information content (AvgIpc) is 2.47. The number of ether oxygens (including phenoxy) is 4. The molecule has 0 aliphatic carbocycles. The van der Waals surface area contributed by atoms with Crippen LogP contribution in [0.15, 0.2) is 12.7 Å². The van der Waals surface area contributed by atoms with Crippen LogP contribution in [0.5, 0.6) is 0 Å². The number of nitrogens with two attached hydrogens (primary N) is 1. The van der Waals surface area contributed by atoms with Crippen LogP contribution in [0.1, 0.15) is 6.42 Å². The summed E-state index contributed by atoms with van der Waals surface area (Å²) < 4.78 is 20.3. The van der Waals surface area contributed by atoms with E-state index in [-0.39, 0.29) is 30.7 Å². The highest BCUT2D eigenvalue weighted by Gasteiger charge is 2.01. The third-order valence-electron chi connectivity index (χ3n) is 2.12. The molecule has 9 heteroatoms. The standard InChI is InChI=1S/C13H22N2O6S/c1-2-12(17)21-10-9-20-8-7-19-6-5-18-4-3-11(16)15-13(14)22/h2H,1,3-10H2,(H3,14,15,16,22). The van der Waals surface area contributed by atoms with Gasteiger partial charge in [-0.25, -0.2) is 4.79 Å². The van der Waals surface area contributed by atoms with Crippen molar-refractivity contribution in [3.63, 3.8) is 0 Å². The molecular formula is C13H22N2O6S. The topological polar surface area (TPSA) is 109 Å². The zero-order valence-electron chi connectivity index (χ0n) is 12.4. The Bertz CT molecular complexity index is 364. The number of hydrogen-bond acceptors (Lipinski definition) is 7. The van der Waals surface area contributed by atoms with Crippen molar-refractivity contribution in [2.45, 2.75) is 6.42 Å².